The van der Waals surface area contributed by atoms with Crippen LogP contribution in [-0.2, 0) is 0 Å². The first-order valence-corrected chi connectivity index (χ1v) is 10.7. The SMILES string of the molecule is CC(=O)c1ccc(C(=O)N(CCC[NH+](C)C)c2nc3cc(C)cc(C)c3s2)cc1. The summed E-state index contributed by atoms with van der Waals surface area (Å²) in [5.41, 5.74) is 4.46. The number of thiazole rings is 1. The summed E-state index contributed by atoms with van der Waals surface area (Å²) in [5.74, 6) is -0.0888. The number of rotatable bonds is 7. The first-order valence-electron chi connectivity index (χ1n) is 9.86. The zero-order chi connectivity index (χ0) is 21.1. The number of aromatic nitrogens is 1. The van der Waals surface area contributed by atoms with Gasteiger partial charge in [0.25, 0.3) is 5.91 Å². The van der Waals surface area contributed by atoms with Crippen LogP contribution in [0.4, 0.5) is 5.13 Å². The highest BCUT2D eigenvalue weighted by Crippen LogP contribution is 2.33. The van der Waals surface area contributed by atoms with Crippen molar-refractivity contribution >= 4 is 38.4 Å². The van der Waals surface area contributed by atoms with Gasteiger partial charge >= 0.3 is 0 Å². The van der Waals surface area contributed by atoms with E-state index in [1.807, 2.05) is 0 Å². The molecule has 1 aromatic heterocycles. The van der Waals surface area contributed by atoms with Gasteiger partial charge in [0.05, 0.1) is 30.9 Å². The lowest BCUT2D eigenvalue weighted by molar-refractivity contribution is -0.858. The van der Waals surface area contributed by atoms with Gasteiger partial charge in [-0.3, -0.25) is 14.5 Å². The number of ketones is 1. The van der Waals surface area contributed by atoms with Crippen molar-refractivity contribution in [2.75, 3.05) is 32.1 Å². The van der Waals surface area contributed by atoms with Gasteiger partial charge in [-0.15, -0.1) is 0 Å². The van der Waals surface area contributed by atoms with Crippen LogP contribution in [0.1, 0.15) is 45.2 Å². The van der Waals surface area contributed by atoms with E-state index in [0.717, 1.165) is 28.3 Å². The zero-order valence-corrected chi connectivity index (χ0v) is 18.5. The number of Topliss-reactive ketones (excluding diaryl/α,β-unsaturated/α-hetero) is 1. The minimum absolute atomic E-state index is 0.00756. The van der Waals surface area contributed by atoms with Crippen LogP contribution in [0.3, 0.4) is 0 Å². The Balaban J connectivity index is 1.96. The van der Waals surface area contributed by atoms with Gasteiger partial charge in [0.15, 0.2) is 10.9 Å². The highest BCUT2D eigenvalue weighted by Gasteiger charge is 2.22. The van der Waals surface area contributed by atoms with Crippen LogP contribution in [0.25, 0.3) is 10.2 Å². The van der Waals surface area contributed by atoms with Gasteiger partial charge < -0.3 is 4.90 Å². The van der Waals surface area contributed by atoms with Crippen LogP contribution in [-0.4, -0.2) is 43.9 Å². The third kappa shape index (κ3) is 4.89. The van der Waals surface area contributed by atoms with Gasteiger partial charge in [-0.2, -0.15) is 0 Å². The number of amides is 1. The maximum absolute atomic E-state index is 13.3. The number of nitrogens with zero attached hydrogens (tertiary/aromatic N) is 2. The summed E-state index contributed by atoms with van der Waals surface area (Å²) in [6.45, 7) is 7.24. The van der Waals surface area contributed by atoms with E-state index in [9.17, 15) is 9.59 Å². The van der Waals surface area contributed by atoms with Crippen molar-refractivity contribution in [2.24, 2.45) is 0 Å². The van der Waals surface area contributed by atoms with E-state index in [1.165, 1.54) is 23.0 Å². The Bertz CT molecular complexity index is 1040. The summed E-state index contributed by atoms with van der Waals surface area (Å²) in [6.07, 6.45) is 0.882. The van der Waals surface area contributed by atoms with Crippen LogP contribution < -0.4 is 9.80 Å². The van der Waals surface area contributed by atoms with Gasteiger partial charge in [-0.25, -0.2) is 4.98 Å². The lowest BCUT2D eigenvalue weighted by Gasteiger charge is -2.20. The number of anilines is 1. The number of carbonyl (C=O) groups is 2. The number of aryl methyl sites for hydroxylation is 2. The van der Waals surface area contributed by atoms with E-state index in [2.05, 4.69) is 40.1 Å². The second kappa shape index (κ2) is 8.84. The van der Waals surface area contributed by atoms with Crippen molar-refractivity contribution in [1.82, 2.24) is 4.98 Å². The summed E-state index contributed by atoms with van der Waals surface area (Å²) in [6, 6.07) is 11.1. The number of benzene rings is 2. The molecule has 3 aromatic rings. The lowest BCUT2D eigenvalue weighted by Crippen LogP contribution is -3.05. The fourth-order valence-corrected chi connectivity index (χ4v) is 4.40. The first-order chi connectivity index (χ1) is 13.8. The summed E-state index contributed by atoms with van der Waals surface area (Å²) >= 11 is 1.56. The van der Waals surface area contributed by atoms with Crippen LogP contribution in [0.5, 0.6) is 0 Å². The Labute approximate surface area is 176 Å². The number of hydrogen-bond donors (Lipinski definition) is 1. The van der Waals surface area contributed by atoms with Crippen molar-refractivity contribution in [2.45, 2.75) is 27.2 Å². The molecule has 3 rings (SSSR count). The van der Waals surface area contributed by atoms with E-state index in [0.29, 0.717) is 17.7 Å². The van der Waals surface area contributed by atoms with Gasteiger partial charge in [0, 0.05) is 24.1 Å². The number of carbonyl (C=O) groups excluding carboxylic acids is 2. The Morgan fingerprint density at radius 3 is 2.34 bits per heavy atom. The molecule has 5 nitrogen and oxygen atoms in total. The van der Waals surface area contributed by atoms with Gasteiger partial charge in [0.1, 0.15) is 0 Å². The molecule has 1 heterocycles. The summed E-state index contributed by atoms with van der Waals surface area (Å²) < 4.78 is 1.12. The van der Waals surface area contributed by atoms with Gasteiger partial charge in [-0.1, -0.05) is 29.5 Å². The van der Waals surface area contributed by atoms with Crippen LogP contribution in [0, 0.1) is 13.8 Å². The molecule has 0 saturated carbocycles. The Morgan fingerprint density at radius 2 is 1.72 bits per heavy atom. The molecule has 0 fully saturated rings. The molecule has 0 bridgehead atoms. The summed E-state index contributed by atoms with van der Waals surface area (Å²) in [7, 11) is 4.22. The molecular formula is C23H28N3O2S+. The molecular weight excluding hydrogens is 382 g/mol. The molecule has 0 aliphatic rings. The average molecular weight is 411 g/mol. The molecule has 0 atom stereocenters. The predicted octanol–water partition coefficient (Wildman–Crippen LogP) is 3.30. The Kier molecular flexibility index (Phi) is 6.45. The fraction of sp³-hybridized carbons (Fsp3) is 0.348. The van der Waals surface area contributed by atoms with Crippen LogP contribution in [0.2, 0.25) is 0 Å². The van der Waals surface area contributed by atoms with E-state index in [-0.39, 0.29) is 11.7 Å². The van der Waals surface area contributed by atoms with Crippen LogP contribution >= 0.6 is 11.3 Å². The molecule has 152 valence electrons. The first kappa shape index (κ1) is 21.1. The van der Waals surface area contributed by atoms with E-state index >= 15 is 0 Å². The molecule has 2 aromatic carbocycles. The molecule has 0 saturated heterocycles. The third-order valence-electron chi connectivity index (χ3n) is 4.88. The smallest absolute Gasteiger partial charge is 0.260 e. The standard InChI is InChI=1S/C23H27N3O2S/c1-15-13-16(2)21-20(14-15)24-23(29-21)26(12-6-11-25(4)5)22(28)19-9-7-18(8-10-19)17(3)27/h7-10,13-14H,6,11-12H2,1-5H3/p+1. The molecule has 0 aliphatic heterocycles. The molecule has 1 amide bonds. The van der Waals surface area contributed by atoms with E-state index in [4.69, 9.17) is 4.98 Å². The maximum Gasteiger partial charge on any atom is 0.260 e. The summed E-state index contributed by atoms with van der Waals surface area (Å²) in [5, 5.41) is 0.725. The lowest BCUT2D eigenvalue weighted by atomic mass is 10.1. The van der Waals surface area contributed by atoms with Crippen molar-refractivity contribution in [3.05, 3.63) is 58.7 Å². The minimum atomic E-state index is -0.0812. The quantitative estimate of drug-likeness (QED) is 0.608. The van der Waals surface area contributed by atoms with E-state index < -0.39 is 0 Å². The molecule has 1 N–H and O–H groups in total. The Morgan fingerprint density at radius 1 is 1.07 bits per heavy atom. The largest absolute Gasteiger partial charge is 0.340 e. The van der Waals surface area contributed by atoms with Crippen LogP contribution in [0.15, 0.2) is 36.4 Å². The summed E-state index contributed by atoms with van der Waals surface area (Å²) in [4.78, 5) is 32.8. The van der Waals surface area contributed by atoms with Crippen molar-refractivity contribution in [3.63, 3.8) is 0 Å². The van der Waals surface area contributed by atoms with Crippen molar-refractivity contribution in [1.29, 1.82) is 0 Å². The number of hydrogen-bond acceptors (Lipinski definition) is 4. The van der Waals surface area contributed by atoms with Crippen molar-refractivity contribution in [3.8, 4) is 0 Å². The topological polar surface area (TPSA) is 54.7 Å². The minimum Gasteiger partial charge on any atom is -0.340 e. The molecule has 0 unspecified atom stereocenters. The third-order valence-corrected chi connectivity index (χ3v) is 6.11. The number of quaternary nitrogens is 1. The Hall–Kier alpha value is -2.57. The maximum atomic E-state index is 13.3. The second-order valence-electron chi connectivity index (χ2n) is 7.83. The van der Waals surface area contributed by atoms with Gasteiger partial charge in [0.2, 0.25) is 0 Å². The molecule has 0 radical (unpaired) electrons. The highest BCUT2D eigenvalue weighted by atomic mass is 32.1. The number of nitrogens with one attached hydrogen (secondary N) is 1. The van der Waals surface area contributed by atoms with Gasteiger partial charge in [-0.05, 0) is 50.1 Å². The number of fused-ring (bicyclic) bond motifs is 1. The second-order valence-corrected chi connectivity index (χ2v) is 8.81. The molecule has 0 aliphatic carbocycles. The van der Waals surface area contributed by atoms with E-state index in [1.54, 1.807) is 40.5 Å². The molecule has 6 heteroatoms. The zero-order valence-electron chi connectivity index (χ0n) is 17.7. The molecule has 0 spiro atoms. The normalized spacial score (nSPS) is 11.2. The van der Waals surface area contributed by atoms with Crippen molar-refractivity contribution < 1.29 is 14.5 Å². The predicted molar refractivity (Wildman–Crippen MR) is 120 cm³/mol. The molecule has 29 heavy (non-hydrogen) atoms. The average Bonchev–Trinajstić information content (AvgIpc) is 3.08. The fourth-order valence-electron chi connectivity index (χ4n) is 3.36. The highest BCUT2D eigenvalue weighted by molar-refractivity contribution is 7.22. The monoisotopic (exact) mass is 410 g/mol.